The highest BCUT2D eigenvalue weighted by Crippen LogP contribution is 2.32. The van der Waals surface area contributed by atoms with Crippen LogP contribution in [0.5, 0.6) is 5.75 Å². The quantitative estimate of drug-likeness (QED) is 0.904. The number of methoxy groups -OCH3 is 1. The van der Waals surface area contributed by atoms with Crippen molar-refractivity contribution in [2.45, 2.75) is 19.8 Å². The minimum Gasteiger partial charge on any atom is -0.496 e. The largest absolute Gasteiger partial charge is 0.496 e. The predicted octanol–water partition coefficient (Wildman–Crippen LogP) is 2.80. The molecule has 0 bridgehead atoms. The van der Waals surface area contributed by atoms with Gasteiger partial charge in [0.25, 0.3) is 0 Å². The molecule has 0 aliphatic carbocycles. The second-order valence-electron chi connectivity index (χ2n) is 4.70. The molecule has 2 rings (SSSR count). The van der Waals surface area contributed by atoms with Crippen LogP contribution in [0.4, 0.5) is 5.82 Å². The number of hydrogen-bond donors (Lipinski definition) is 1. The Balaban J connectivity index is 2.53. The Kier molecular flexibility index (Phi) is 3.28. The molecule has 0 unspecified atom stereocenters. The van der Waals surface area contributed by atoms with Crippen molar-refractivity contribution >= 4 is 5.82 Å². The number of nitrogens with zero attached hydrogens (tertiary/aromatic N) is 2. The molecule has 0 radical (unpaired) electrons. The zero-order valence-corrected chi connectivity index (χ0v) is 11.3. The highest BCUT2D eigenvalue weighted by molar-refractivity contribution is 5.71. The minimum absolute atomic E-state index is 0.393. The molecule has 0 aliphatic heterocycles. The zero-order valence-electron chi connectivity index (χ0n) is 11.3. The molecule has 2 aromatic rings. The van der Waals surface area contributed by atoms with Gasteiger partial charge in [-0.05, 0) is 29.7 Å². The van der Waals surface area contributed by atoms with Gasteiger partial charge in [0.2, 0.25) is 0 Å². The van der Waals surface area contributed by atoms with Crippen LogP contribution in [0.1, 0.15) is 25.3 Å². The van der Waals surface area contributed by atoms with E-state index in [0.717, 1.165) is 17.0 Å². The van der Waals surface area contributed by atoms with Crippen molar-refractivity contribution in [3.8, 4) is 17.0 Å². The Morgan fingerprint density at radius 2 is 2.06 bits per heavy atom. The molecule has 0 fully saturated rings. The molecular weight excluding hydrogens is 226 g/mol. The van der Waals surface area contributed by atoms with E-state index in [-0.39, 0.29) is 0 Å². The van der Waals surface area contributed by atoms with Crippen molar-refractivity contribution in [1.29, 1.82) is 0 Å². The summed E-state index contributed by atoms with van der Waals surface area (Å²) in [5, 5.41) is 0. The van der Waals surface area contributed by atoms with Crippen LogP contribution in [0.15, 0.2) is 24.5 Å². The summed E-state index contributed by atoms with van der Waals surface area (Å²) in [6.45, 7) is 4.28. The van der Waals surface area contributed by atoms with Gasteiger partial charge in [-0.2, -0.15) is 0 Å². The Labute approximate surface area is 107 Å². The van der Waals surface area contributed by atoms with Crippen LogP contribution in [0.25, 0.3) is 11.3 Å². The summed E-state index contributed by atoms with van der Waals surface area (Å²) >= 11 is 0. The number of nitrogen functional groups attached to an aromatic ring is 1. The van der Waals surface area contributed by atoms with Gasteiger partial charge in [0.1, 0.15) is 17.3 Å². The number of anilines is 1. The van der Waals surface area contributed by atoms with Crippen LogP contribution >= 0.6 is 0 Å². The topological polar surface area (TPSA) is 53.1 Å². The standard InChI is InChI=1S/C14H19N3O/c1-9(2)11-7-10(5-6-12(11)18-4)13-14(15)17(3)8-16-13/h5-9H,15H2,1-4H3. The lowest BCUT2D eigenvalue weighted by Crippen LogP contribution is -1.98. The van der Waals surface area contributed by atoms with Gasteiger partial charge in [-0.3, -0.25) is 0 Å². The molecule has 0 spiro atoms. The fourth-order valence-electron chi connectivity index (χ4n) is 1.99. The van der Waals surface area contributed by atoms with Crippen molar-refractivity contribution in [2.75, 3.05) is 12.8 Å². The first-order chi connectivity index (χ1) is 8.54. The second-order valence-corrected chi connectivity index (χ2v) is 4.70. The van der Waals surface area contributed by atoms with Crippen molar-refractivity contribution in [1.82, 2.24) is 9.55 Å². The van der Waals surface area contributed by atoms with Crippen LogP contribution < -0.4 is 10.5 Å². The van der Waals surface area contributed by atoms with E-state index in [1.165, 1.54) is 5.56 Å². The fraction of sp³-hybridized carbons (Fsp3) is 0.357. The fourth-order valence-corrected chi connectivity index (χ4v) is 1.99. The van der Waals surface area contributed by atoms with E-state index in [9.17, 15) is 0 Å². The van der Waals surface area contributed by atoms with E-state index in [4.69, 9.17) is 10.5 Å². The van der Waals surface area contributed by atoms with Crippen LogP contribution in [-0.2, 0) is 7.05 Å². The van der Waals surface area contributed by atoms with E-state index in [2.05, 4.69) is 24.9 Å². The number of aryl methyl sites for hydroxylation is 1. The molecule has 96 valence electrons. The monoisotopic (exact) mass is 245 g/mol. The maximum atomic E-state index is 6.00. The van der Waals surface area contributed by atoms with Gasteiger partial charge in [0, 0.05) is 12.6 Å². The molecule has 0 atom stereocenters. The molecule has 0 saturated heterocycles. The highest BCUT2D eigenvalue weighted by Gasteiger charge is 2.13. The predicted molar refractivity (Wildman–Crippen MR) is 73.7 cm³/mol. The second kappa shape index (κ2) is 4.72. The summed E-state index contributed by atoms with van der Waals surface area (Å²) in [5.41, 5.74) is 9.01. The Morgan fingerprint density at radius 3 is 2.56 bits per heavy atom. The molecule has 4 nitrogen and oxygen atoms in total. The first kappa shape index (κ1) is 12.5. The molecule has 0 amide bonds. The Morgan fingerprint density at radius 1 is 1.33 bits per heavy atom. The average Bonchev–Trinajstić information content (AvgIpc) is 2.69. The van der Waals surface area contributed by atoms with Gasteiger partial charge >= 0.3 is 0 Å². The van der Waals surface area contributed by atoms with Gasteiger partial charge in [0.15, 0.2) is 0 Å². The normalized spacial score (nSPS) is 10.9. The molecular formula is C14H19N3O. The SMILES string of the molecule is COc1ccc(-c2ncn(C)c2N)cc1C(C)C. The summed E-state index contributed by atoms with van der Waals surface area (Å²) in [7, 11) is 3.58. The van der Waals surface area contributed by atoms with E-state index >= 15 is 0 Å². The lowest BCUT2D eigenvalue weighted by Gasteiger charge is -2.13. The molecule has 18 heavy (non-hydrogen) atoms. The summed E-state index contributed by atoms with van der Waals surface area (Å²) in [4.78, 5) is 4.34. The van der Waals surface area contributed by atoms with Gasteiger partial charge in [0.05, 0.1) is 13.4 Å². The van der Waals surface area contributed by atoms with E-state index in [1.54, 1.807) is 13.4 Å². The minimum atomic E-state index is 0.393. The van der Waals surface area contributed by atoms with Gasteiger partial charge in [-0.1, -0.05) is 13.8 Å². The number of benzene rings is 1. The first-order valence-corrected chi connectivity index (χ1v) is 5.99. The van der Waals surface area contributed by atoms with Gasteiger partial charge in [-0.25, -0.2) is 4.98 Å². The van der Waals surface area contributed by atoms with Crippen molar-refractivity contribution in [2.24, 2.45) is 7.05 Å². The van der Waals surface area contributed by atoms with E-state index < -0.39 is 0 Å². The van der Waals surface area contributed by atoms with Crippen LogP contribution in [0.2, 0.25) is 0 Å². The summed E-state index contributed by atoms with van der Waals surface area (Å²) in [6.07, 6.45) is 1.73. The molecule has 1 aromatic carbocycles. The summed E-state index contributed by atoms with van der Waals surface area (Å²) in [6, 6.07) is 6.06. The Bertz CT molecular complexity index is 558. The number of hydrogen-bond acceptors (Lipinski definition) is 3. The molecule has 4 heteroatoms. The zero-order chi connectivity index (χ0) is 13.3. The van der Waals surface area contributed by atoms with Crippen LogP contribution in [-0.4, -0.2) is 16.7 Å². The molecule has 1 heterocycles. The Hall–Kier alpha value is -1.97. The number of ether oxygens (including phenoxy) is 1. The third kappa shape index (κ3) is 2.06. The van der Waals surface area contributed by atoms with Crippen molar-refractivity contribution < 1.29 is 4.74 Å². The maximum absolute atomic E-state index is 6.00. The highest BCUT2D eigenvalue weighted by atomic mass is 16.5. The smallest absolute Gasteiger partial charge is 0.131 e. The lowest BCUT2D eigenvalue weighted by molar-refractivity contribution is 0.407. The van der Waals surface area contributed by atoms with Crippen molar-refractivity contribution in [3.63, 3.8) is 0 Å². The van der Waals surface area contributed by atoms with Crippen molar-refractivity contribution in [3.05, 3.63) is 30.1 Å². The molecule has 0 saturated carbocycles. The third-order valence-corrected chi connectivity index (χ3v) is 3.11. The van der Waals surface area contributed by atoms with Gasteiger partial charge < -0.3 is 15.0 Å². The summed E-state index contributed by atoms with van der Waals surface area (Å²) < 4.78 is 7.19. The van der Waals surface area contributed by atoms with Crippen LogP contribution in [0, 0.1) is 0 Å². The number of aromatic nitrogens is 2. The maximum Gasteiger partial charge on any atom is 0.131 e. The average molecular weight is 245 g/mol. The third-order valence-electron chi connectivity index (χ3n) is 3.11. The lowest BCUT2D eigenvalue weighted by atomic mass is 9.98. The summed E-state index contributed by atoms with van der Waals surface area (Å²) in [5.74, 6) is 1.97. The molecule has 1 aromatic heterocycles. The molecule has 2 N–H and O–H groups in total. The van der Waals surface area contributed by atoms with Crippen LogP contribution in [0.3, 0.4) is 0 Å². The number of imidazole rings is 1. The number of nitrogens with two attached hydrogens (primary N) is 1. The number of rotatable bonds is 3. The molecule has 0 aliphatic rings. The van der Waals surface area contributed by atoms with E-state index in [1.807, 2.05) is 23.7 Å². The van der Waals surface area contributed by atoms with E-state index in [0.29, 0.717) is 11.7 Å². The first-order valence-electron chi connectivity index (χ1n) is 5.99. The van der Waals surface area contributed by atoms with Gasteiger partial charge in [-0.15, -0.1) is 0 Å².